The summed E-state index contributed by atoms with van der Waals surface area (Å²) < 4.78 is 0. The van der Waals surface area contributed by atoms with Gasteiger partial charge >= 0.3 is 0 Å². The number of phenols is 3. The van der Waals surface area contributed by atoms with E-state index in [4.69, 9.17) is 0 Å². The molecule has 21 heavy (non-hydrogen) atoms. The van der Waals surface area contributed by atoms with Crippen molar-refractivity contribution in [3.05, 3.63) is 47.5 Å². The van der Waals surface area contributed by atoms with Gasteiger partial charge < -0.3 is 20.4 Å². The third kappa shape index (κ3) is 2.11. The number of phenolic OH excluding ortho intramolecular Hbond substituents is 3. The van der Waals surface area contributed by atoms with E-state index in [-0.39, 0.29) is 34.2 Å². The molecule has 0 saturated carbocycles. The normalized spacial score (nSPS) is 17.3. The van der Waals surface area contributed by atoms with Gasteiger partial charge in [0, 0.05) is 17.2 Å². The molecule has 6 nitrogen and oxygen atoms in total. The first kappa shape index (κ1) is 13.1. The van der Waals surface area contributed by atoms with Crippen molar-refractivity contribution in [1.82, 2.24) is 0 Å². The molecule has 1 heterocycles. The summed E-state index contributed by atoms with van der Waals surface area (Å²) in [6.07, 6.45) is -1.47. The number of aliphatic hydroxyl groups excluding tert-OH is 1. The highest BCUT2D eigenvalue weighted by Crippen LogP contribution is 2.33. The number of fused-ring (bicyclic) bond motifs is 1. The number of rotatable bonds is 1. The molecule has 1 atom stereocenters. The number of carbonyl (C=O) groups excluding carboxylic acids is 1. The molecule has 0 aliphatic carbocycles. The molecule has 1 aliphatic heterocycles. The van der Waals surface area contributed by atoms with Gasteiger partial charge in [0.15, 0.2) is 23.4 Å². The third-order valence-corrected chi connectivity index (χ3v) is 3.27. The molecule has 3 rings (SSSR count). The van der Waals surface area contributed by atoms with Gasteiger partial charge in [-0.25, -0.2) is 4.99 Å². The maximum atomic E-state index is 12.1. The van der Waals surface area contributed by atoms with Crippen LogP contribution in [0.3, 0.4) is 0 Å². The maximum Gasteiger partial charge on any atom is 0.199 e. The second-order valence-electron chi connectivity index (χ2n) is 4.67. The molecule has 2 aromatic rings. The molecule has 1 aliphatic rings. The van der Waals surface area contributed by atoms with Gasteiger partial charge in [0.05, 0.1) is 11.4 Å². The monoisotopic (exact) mass is 285 g/mol. The minimum absolute atomic E-state index is 0.0467. The molecule has 0 radical (unpaired) electrons. The zero-order chi connectivity index (χ0) is 15.1. The van der Waals surface area contributed by atoms with Crippen molar-refractivity contribution in [1.29, 1.82) is 0 Å². The Bertz CT molecular complexity index is 782. The number of ketones is 1. The number of nitrogens with zero attached hydrogens (tertiary/aromatic N) is 1. The SMILES string of the molecule is O=C1c2ccc(O)cc2N=C(c2ccc(O)c(O)c2)C1O. The van der Waals surface area contributed by atoms with Crippen molar-refractivity contribution in [2.45, 2.75) is 6.10 Å². The minimum Gasteiger partial charge on any atom is -0.508 e. The number of aromatic hydroxyl groups is 3. The fraction of sp³-hybridized carbons (Fsp3) is 0.0667. The Morgan fingerprint density at radius 2 is 1.71 bits per heavy atom. The van der Waals surface area contributed by atoms with E-state index < -0.39 is 11.9 Å². The van der Waals surface area contributed by atoms with E-state index in [0.717, 1.165) is 0 Å². The van der Waals surface area contributed by atoms with Crippen LogP contribution in [0, 0.1) is 0 Å². The molecule has 0 fully saturated rings. The Kier molecular flexibility index (Phi) is 2.88. The Labute approximate surface area is 119 Å². The number of aliphatic hydroxyl groups is 1. The standard InChI is InChI=1S/C15H11NO5/c17-8-2-3-9-10(6-8)16-13(15(21)14(9)20)7-1-4-11(18)12(19)5-7/h1-6,15,17-19,21H. The van der Waals surface area contributed by atoms with Crippen LogP contribution in [0.4, 0.5) is 5.69 Å². The topological polar surface area (TPSA) is 110 Å². The average Bonchev–Trinajstić information content (AvgIpc) is 2.45. The minimum atomic E-state index is -1.47. The number of hydrogen-bond donors (Lipinski definition) is 4. The van der Waals surface area contributed by atoms with Crippen LogP contribution >= 0.6 is 0 Å². The molecular formula is C15H11NO5. The van der Waals surface area contributed by atoms with Gasteiger partial charge in [0.2, 0.25) is 0 Å². The van der Waals surface area contributed by atoms with Gasteiger partial charge in [-0.1, -0.05) is 0 Å². The van der Waals surface area contributed by atoms with Crippen molar-refractivity contribution in [2.24, 2.45) is 4.99 Å². The highest BCUT2D eigenvalue weighted by molar-refractivity contribution is 6.25. The molecule has 4 N–H and O–H groups in total. The van der Waals surface area contributed by atoms with Crippen molar-refractivity contribution in [3.8, 4) is 17.2 Å². The molecule has 106 valence electrons. The summed E-state index contributed by atoms with van der Waals surface area (Å²) in [5.41, 5.74) is 0.813. The lowest BCUT2D eigenvalue weighted by atomic mass is 9.93. The van der Waals surface area contributed by atoms with Crippen LogP contribution in [0.25, 0.3) is 0 Å². The largest absolute Gasteiger partial charge is 0.508 e. The summed E-state index contributed by atoms with van der Waals surface area (Å²) in [6, 6.07) is 7.93. The molecule has 0 bridgehead atoms. The van der Waals surface area contributed by atoms with Crippen molar-refractivity contribution < 1.29 is 25.2 Å². The maximum absolute atomic E-state index is 12.1. The second-order valence-corrected chi connectivity index (χ2v) is 4.67. The van der Waals surface area contributed by atoms with Gasteiger partial charge in [-0.3, -0.25) is 4.79 Å². The number of benzene rings is 2. The van der Waals surface area contributed by atoms with Crippen LogP contribution < -0.4 is 0 Å². The summed E-state index contributed by atoms with van der Waals surface area (Å²) in [7, 11) is 0. The van der Waals surface area contributed by atoms with Gasteiger partial charge in [-0.05, 0) is 30.3 Å². The molecule has 0 spiro atoms. The molecule has 0 saturated heterocycles. The highest BCUT2D eigenvalue weighted by Gasteiger charge is 2.31. The van der Waals surface area contributed by atoms with E-state index in [1.165, 1.54) is 36.4 Å². The highest BCUT2D eigenvalue weighted by atomic mass is 16.3. The molecular weight excluding hydrogens is 274 g/mol. The van der Waals surface area contributed by atoms with E-state index >= 15 is 0 Å². The summed E-state index contributed by atoms with van der Waals surface area (Å²) in [4.78, 5) is 16.3. The summed E-state index contributed by atoms with van der Waals surface area (Å²) in [6.45, 7) is 0. The summed E-state index contributed by atoms with van der Waals surface area (Å²) in [5.74, 6) is -1.28. The average molecular weight is 285 g/mol. The summed E-state index contributed by atoms with van der Waals surface area (Å²) >= 11 is 0. The lowest BCUT2D eigenvalue weighted by molar-refractivity contribution is 0.0842. The van der Waals surface area contributed by atoms with Crippen LogP contribution in [0.5, 0.6) is 17.2 Å². The lowest BCUT2D eigenvalue weighted by Gasteiger charge is -2.20. The van der Waals surface area contributed by atoms with E-state index in [9.17, 15) is 25.2 Å². The van der Waals surface area contributed by atoms with Gasteiger partial charge in [0.25, 0.3) is 0 Å². The first-order chi connectivity index (χ1) is 9.97. The van der Waals surface area contributed by atoms with E-state index in [1.807, 2.05) is 0 Å². The Morgan fingerprint density at radius 3 is 2.43 bits per heavy atom. The number of hydrogen-bond acceptors (Lipinski definition) is 6. The second kappa shape index (κ2) is 4.60. The van der Waals surface area contributed by atoms with Gasteiger partial charge in [-0.2, -0.15) is 0 Å². The van der Waals surface area contributed by atoms with Crippen LogP contribution in [0.15, 0.2) is 41.4 Å². The van der Waals surface area contributed by atoms with Crippen LogP contribution in [0.2, 0.25) is 0 Å². The fourth-order valence-electron chi connectivity index (χ4n) is 2.19. The van der Waals surface area contributed by atoms with Crippen LogP contribution in [-0.4, -0.2) is 38.0 Å². The predicted molar refractivity (Wildman–Crippen MR) is 74.4 cm³/mol. The molecule has 2 aromatic carbocycles. The zero-order valence-corrected chi connectivity index (χ0v) is 10.7. The number of aliphatic imine (C=N–C) groups is 1. The van der Waals surface area contributed by atoms with E-state index in [2.05, 4.69) is 4.99 Å². The Morgan fingerprint density at radius 1 is 0.952 bits per heavy atom. The van der Waals surface area contributed by atoms with Crippen LogP contribution in [0.1, 0.15) is 15.9 Å². The Hall–Kier alpha value is -2.86. The van der Waals surface area contributed by atoms with Gasteiger partial charge in [-0.15, -0.1) is 0 Å². The van der Waals surface area contributed by atoms with E-state index in [1.54, 1.807) is 0 Å². The molecule has 0 aromatic heterocycles. The quantitative estimate of drug-likeness (QED) is 0.593. The van der Waals surface area contributed by atoms with E-state index in [0.29, 0.717) is 5.56 Å². The molecule has 1 unspecified atom stereocenters. The first-order valence-corrected chi connectivity index (χ1v) is 6.13. The summed E-state index contributed by atoms with van der Waals surface area (Å²) in [5, 5.41) is 38.4. The first-order valence-electron chi connectivity index (χ1n) is 6.13. The van der Waals surface area contributed by atoms with Crippen molar-refractivity contribution in [3.63, 3.8) is 0 Å². The number of carbonyl (C=O) groups is 1. The molecule has 0 amide bonds. The Balaban J connectivity index is 2.17. The smallest absolute Gasteiger partial charge is 0.199 e. The van der Waals surface area contributed by atoms with Gasteiger partial charge in [0.1, 0.15) is 5.75 Å². The predicted octanol–water partition coefficient (Wildman–Crippen LogP) is 1.48. The molecule has 6 heteroatoms. The number of Topliss-reactive ketones (excluding diaryl/α,β-unsaturated/α-hetero) is 1. The third-order valence-electron chi connectivity index (χ3n) is 3.27. The van der Waals surface area contributed by atoms with Crippen LogP contribution in [-0.2, 0) is 0 Å². The lowest BCUT2D eigenvalue weighted by Crippen LogP contribution is -2.33. The van der Waals surface area contributed by atoms with Crippen molar-refractivity contribution in [2.75, 3.05) is 0 Å². The zero-order valence-electron chi connectivity index (χ0n) is 10.7. The van der Waals surface area contributed by atoms with Crippen molar-refractivity contribution >= 4 is 17.2 Å². The fourth-order valence-corrected chi connectivity index (χ4v) is 2.19.